The molecule has 0 radical (unpaired) electrons. The zero-order chi connectivity index (χ0) is 16.3. The maximum atomic E-state index is 12.5. The summed E-state index contributed by atoms with van der Waals surface area (Å²) >= 11 is 0. The van der Waals surface area contributed by atoms with E-state index >= 15 is 0 Å². The van der Waals surface area contributed by atoms with Crippen LogP contribution in [0.4, 0.5) is 4.79 Å². The molecule has 2 rings (SSSR count). The van der Waals surface area contributed by atoms with Gasteiger partial charge in [-0.05, 0) is 50.8 Å². The molecule has 4 heteroatoms. The third-order valence-corrected chi connectivity index (χ3v) is 3.42. The quantitative estimate of drug-likeness (QED) is 0.781. The Bertz CT molecular complexity index is 618. The maximum absolute atomic E-state index is 12.5. The molecule has 22 heavy (non-hydrogen) atoms. The Kier molecular flexibility index (Phi) is 4.56. The summed E-state index contributed by atoms with van der Waals surface area (Å²) in [5.74, 6) is 0.398. The van der Waals surface area contributed by atoms with Gasteiger partial charge in [0.05, 0.1) is 17.3 Å². The average molecular weight is 298 g/mol. The number of nitrogens with zero attached hydrogens (tertiary/aromatic N) is 2. The lowest BCUT2D eigenvalue weighted by molar-refractivity contribution is 0.0327. The van der Waals surface area contributed by atoms with Gasteiger partial charge in [-0.25, -0.2) is 4.79 Å². The van der Waals surface area contributed by atoms with Crippen LogP contribution in [-0.4, -0.2) is 23.1 Å². The lowest BCUT2D eigenvalue weighted by Crippen LogP contribution is -2.39. The predicted molar refractivity (Wildman–Crippen MR) is 85.9 cm³/mol. The minimum absolute atomic E-state index is 0.324. The van der Waals surface area contributed by atoms with E-state index < -0.39 is 5.60 Å². The Morgan fingerprint density at radius 3 is 2.50 bits per heavy atom. The highest BCUT2D eigenvalue weighted by Crippen LogP contribution is 2.29. The number of nitriles is 1. The summed E-state index contributed by atoms with van der Waals surface area (Å²) in [7, 11) is 0. The van der Waals surface area contributed by atoms with Gasteiger partial charge in [-0.3, -0.25) is 4.90 Å². The van der Waals surface area contributed by atoms with Gasteiger partial charge in [0.25, 0.3) is 0 Å². The number of carbonyl (C=O) groups is 1. The summed E-state index contributed by atoms with van der Waals surface area (Å²) in [4.78, 5) is 14.2. The van der Waals surface area contributed by atoms with E-state index in [1.54, 1.807) is 17.0 Å². The third-order valence-electron chi connectivity index (χ3n) is 3.42. The standard InChI is InChI=1S/C18H22N2O2/c1-13-5-10-16(15-8-6-14(11-19)7-9-15)20(12-13)17(21)22-18(2,3)4/h6-10,13H,5,12H2,1-4H3/t13-/m0/s1. The molecule has 0 bridgehead atoms. The lowest BCUT2D eigenvalue weighted by atomic mass is 9.98. The van der Waals surface area contributed by atoms with Crippen molar-refractivity contribution in [3.05, 3.63) is 41.5 Å². The molecular weight excluding hydrogens is 276 g/mol. The van der Waals surface area contributed by atoms with Crippen molar-refractivity contribution in [2.75, 3.05) is 6.54 Å². The molecule has 1 aliphatic heterocycles. The summed E-state index contributed by atoms with van der Waals surface area (Å²) in [5.41, 5.74) is 1.87. The molecular formula is C18H22N2O2. The van der Waals surface area contributed by atoms with Gasteiger partial charge in [0.2, 0.25) is 0 Å². The van der Waals surface area contributed by atoms with Crippen molar-refractivity contribution < 1.29 is 9.53 Å². The van der Waals surface area contributed by atoms with Crippen LogP contribution in [0.1, 0.15) is 45.2 Å². The van der Waals surface area contributed by atoms with Crippen LogP contribution in [0, 0.1) is 17.2 Å². The summed E-state index contributed by atoms with van der Waals surface area (Å²) in [5, 5.41) is 8.89. The second kappa shape index (κ2) is 6.23. The zero-order valence-electron chi connectivity index (χ0n) is 13.6. The summed E-state index contributed by atoms with van der Waals surface area (Å²) < 4.78 is 5.52. The number of rotatable bonds is 1. The molecule has 1 heterocycles. The molecule has 0 saturated carbocycles. The van der Waals surface area contributed by atoms with E-state index in [1.165, 1.54) is 0 Å². The van der Waals surface area contributed by atoms with Crippen molar-refractivity contribution in [3.63, 3.8) is 0 Å². The van der Waals surface area contributed by atoms with E-state index in [9.17, 15) is 4.79 Å². The number of hydrogen-bond acceptors (Lipinski definition) is 3. The van der Waals surface area contributed by atoms with E-state index in [2.05, 4.69) is 19.1 Å². The molecule has 1 aromatic carbocycles. The van der Waals surface area contributed by atoms with Crippen molar-refractivity contribution in [2.45, 2.75) is 39.7 Å². The molecule has 0 saturated heterocycles. The predicted octanol–water partition coefficient (Wildman–Crippen LogP) is 4.18. The highest BCUT2D eigenvalue weighted by molar-refractivity contribution is 5.83. The van der Waals surface area contributed by atoms with Crippen LogP contribution in [0.3, 0.4) is 0 Å². The summed E-state index contributed by atoms with van der Waals surface area (Å²) in [6.07, 6.45) is 2.67. The molecule has 0 spiro atoms. The van der Waals surface area contributed by atoms with E-state index in [0.717, 1.165) is 17.7 Å². The molecule has 4 nitrogen and oxygen atoms in total. The second-order valence-corrected chi connectivity index (χ2v) is 6.71. The van der Waals surface area contributed by atoms with Gasteiger partial charge in [0.1, 0.15) is 5.60 Å². The smallest absolute Gasteiger partial charge is 0.414 e. The topological polar surface area (TPSA) is 53.3 Å². The van der Waals surface area contributed by atoms with Gasteiger partial charge in [0, 0.05) is 6.54 Å². The van der Waals surface area contributed by atoms with Crippen molar-refractivity contribution in [3.8, 4) is 6.07 Å². The van der Waals surface area contributed by atoms with Crippen LogP contribution in [0.25, 0.3) is 5.70 Å². The van der Waals surface area contributed by atoms with Gasteiger partial charge in [-0.2, -0.15) is 5.26 Å². The van der Waals surface area contributed by atoms with Gasteiger partial charge < -0.3 is 4.74 Å². The fraction of sp³-hybridized carbons (Fsp3) is 0.444. The first-order valence-electron chi connectivity index (χ1n) is 7.51. The molecule has 0 N–H and O–H groups in total. The normalized spacial score (nSPS) is 18.4. The van der Waals surface area contributed by atoms with Crippen LogP contribution >= 0.6 is 0 Å². The third kappa shape index (κ3) is 3.88. The molecule has 0 aromatic heterocycles. The molecule has 1 atom stereocenters. The minimum atomic E-state index is -0.520. The van der Waals surface area contributed by atoms with Crippen LogP contribution in [0.15, 0.2) is 30.3 Å². The van der Waals surface area contributed by atoms with Crippen molar-refractivity contribution >= 4 is 11.8 Å². The van der Waals surface area contributed by atoms with Crippen molar-refractivity contribution in [2.24, 2.45) is 5.92 Å². The molecule has 1 amide bonds. The lowest BCUT2D eigenvalue weighted by Gasteiger charge is -2.33. The highest BCUT2D eigenvalue weighted by Gasteiger charge is 2.29. The Labute approximate surface area is 132 Å². The maximum Gasteiger partial charge on any atom is 0.414 e. The number of amides is 1. The molecule has 0 unspecified atom stereocenters. The Morgan fingerprint density at radius 1 is 1.32 bits per heavy atom. The highest BCUT2D eigenvalue weighted by atomic mass is 16.6. The SMILES string of the molecule is C[C@H]1CC=C(c2ccc(C#N)cc2)N(C(=O)OC(C)(C)C)C1. The van der Waals surface area contributed by atoms with Gasteiger partial charge in [0.15, 0.2) is 0 Å². The molecule has 1 aromatic rings. The number of hydrogen-bond donors (Lipinski definition) is 0. The van der Waals surface area contributed by atoms with Crippen molar-refractivity contribution in [1.29, 1.82) is 5.26 Å². The molecule has 0 fully saturated rings. The van der Waals surface area contributed by atoms with E-state index in [4.69, 9.17) is 10.00 Å². The first-order chi connectivity index (χ1) is 10.3. The first kappa shape index (κ1) is 16.1. The van der Waals surface area contributed by atoms with Crippen LogP contribution < -0.4 is 0 Å². The Balaban J connectivity index is 2.29. The van der Waals surface area contributed by atoms with E-state index in [1.807, 2.05) is 32.9 Å². The molecule has 116 valence electrons. The van der Waals surface area contributed by atoms with Crippen LogP contribution in [0.2, 0.25) is 0 Å². The van der Waals surface area contributed by atoms with E-state index in [0.29, 0.717) is 18.0 Å². The number of ether oxygens (including phenoxy) is 1. The second-order valence-electron chi connectivity index (χ2n) is 6.71. The van der Waals surface area contributed by atoms with Crippen LogP contribution in [-0.2, 0) is 4.74 Å². The fourth-order valence-electron chi connectivity index (χ4n) is 2.39. The molecule has 1 aliphatic rings. The van der Waals surface area contributed by atoms with Gasteiger partial charge >= 0.3 is 6.09 Å². The first-order valence-corrected chi connectivity index (χ1v) is 7.51. The fourth-order valence-corrected chi connectivity index (χ4v) is 2.39. The largest absolute Gasteiger partial charge is 0.443 e. The van der Waals surface area contributed by atoms with Gasteiger partial charge in [-0.15, -0.1) is 0 Å². The van der Waals surface area contributed by atoms with Gasteiger partial charge in [-0.1, -0.05) is 25.1 Å². The monoisotopic (exact) mass is 298 g/mol. The molecule has 0 aliphatic carbocycles. The minimum Gasteiger partial charge on any atom is -0.443 e. The average Bonchev–Trinajstić information content (AvgIpc) is 2.45. The number of allylic oxidation sites excluding steroid dienone is 1. The van der Waals surface area contributed by atoms with Crippen molar-refractivity contribution in [1.82, 2.24) is 4.90 Å². The Morgan fingerprint density at radius 2 is 1.95 bits per heavy atom. The Hall–Kier alpha value is -2.28. The van der Waals surface area contributed by atoms with Crippen LogP contribution in [0.5, 0.6) is 0 Å². The number of benzene rings is 1. The van der Waals surface area contributed by atoms with E-state index in [-0.39, 0.29) is 6.09 Å². The summed E-state index contributed by atoms with van der Waals surface area (Å²) in [6, 6.07) is 9.38. The zero-order valence-corrected chi connectivity index (χ0v) is 13.6. The number of carbonyl (C=O) groups excluding carboxylic acids is 1. The summed E-state index contributed by atoms with van der Waals surface area (Å²) in [6.45, 7) is 8.35.